The van der Waals surface area contributed by atoms with Gasteiger partial charge in [0.1, 0.15) is 0 Å². The Labute approximate surface area is 188 Å². The van der Waals surface area contributed by atoms with E-state index in [9.17, 15) is 4.79 Å². The van der Waals surface area contributed by atoms with Gasteiger partial charge < -0.3 is 0 Å². The molecule has 1 aromatic rings. The van der Waals surface area contributed by atoms with E-state index in [4.69, 9.17) is 0 Å². The average Bonchev–Trinajstić information content (AvgIpc) is 3.15. The molecule has 3 rings (SSSR count). The molecule has 1 fully saturated rings. The standard InChI is InChI=1S/C27H39NOS/c1-7-25(29)26-23(17-21(30-26)13-15-27(4,5)6)22-14-16-28(8-2)18-24(22)20-11-9-19(3)10-12-20/h17,19-20H,7-12,14,16,18H2,1-6H3. The number of Topliss-reactive ketones (excluding diaryl/α,β-unsaturated/α-hetero) is 1. The molecule has 0 N–H and O–H groups in total. The van der Waals surface area contributed by atoms with Crippen molar-refractivity contribution in [3.05, 3.63) is 27.0 Å². The molecular formula is C27H39NOS. The highest BCUT2D eigenvalue weighted by molar-refractivity contribution is 7.14. The third-order valence-electron chi connectivity index (χ3n) is 6.61. The van der Waals surface area contributed by atoms with Gasteiger partial charge in [-0.05, 0) is 75.6 Å². The number of hydrogen-bond acceptors (Lipinski definition) is 3. The lowest BCUT2D eigenvalue weighted by Gasteiger charge is -2.37. The Morgan fingerprint density at radius 1 is 1.20 bits per heavy atom. The van der Waals surface area contributed by atoms with E-state index in [-0.39, 0.29) is 11.2 Å². The van der Waals surface area contributed by atoms with E-state index in [0.717, 1.165) is 41.7 Å². The lowest BCUT2D eigenvalue weighted by molar-refractivity contribution is 0.0991. The molecule has 1 aromatic heterocycles. The monoisotopic (exact) mass is 425 g/mol. The maximum atomic E-state index is 12.9. The van der Waals surface area contributed by atoms with Crippen LogP contribution in [-0.4, -0.2) is 30.3 Å². The topological polar surface area (TPSA) is 20.3 Å². The van der Waals surface area contributed by atoms with Gasteiger partial charge in [0.25, 0.3) is 0 Å². The third kappa shape index (κ3) is 5.65. The van der Waals surface area contributed by atoms with Crippen LogP contribution in [0.4, 0.5) is 0 Å². The Morgan fingerprint density at radius 3 is 2.50 bits per heavy atom. The first-order valence-electron chi connectivity index (χ1n) is 11.9. The number of rotatable bonds is 5. The van der Waals surface area contributed by atoms with Gasteiger partial charge in [0.2, 0.25) is 0 Å². The average molecular weight is 426 g/mol. The highest BCUT2D eigenvalue weighted by Gasteiger charge is 2.30. The van der Waals surface area contributed by atoms with Crippen LogP contribution < -0.4 is 0 Å². The molecule has 0 aromatic carbocycles. The summed E-state index contributed by atoms with van der Waals surface area (Å²) in [6.07, 6.45) is 6.89. The van der Waals surface area contributed by atoms with Crippen LogP contribution in [0.15, 0.2) is 11.6 Å². The number of carbonyl (C=O) groups is 1. The molecule has 164 valence electrons. The fourth-order valence-corrected chi connectivity index (χ4v) is 5.75. The van der Waals surface area contributed by atoms with Crippen LogP contribution in [0.5, 0.6) is 0 Å². The predicted octanol–water partition coefficient (Wildman–Crippen LogP) is 7.04. The molecule has 0 amide bonds. The van der Waals surface area contributed by atoms with Crippen molar-refractivity contribution in [2.24, 2.45) is 17.3 Å². The minimum atomic E-state index is -0.0330. The molecule has 2 heterocycles. The Kier molecular flexibility index (Phi) is 7.64. The number of thiophene rings is 1. The van der Waals surface area contributed by atoms with Crippen LogP contribution in [0, 0.1) is 29.1 Å². The predicted molar refractivity (Wildman–Crippen MR) is 130 cm³/mol. The first-order chi connectivity index (χ1) is 14.2. The molecule has 0 saturated heterocycles. The quantitative estimate of drug-likeness (QED) is 0.372. The zero-order valence-electron chi connectivity index (χ0n) is 19.9. The van der Waals surface area contributed by atoms with E-state index in [1.54, 1.807) is 16.9 Å². The lowest BCUT2D eigenvalue weighted by Crippen LogP contribution is -2.34. The molecule has 2 aliphatic rings. The zero-order valence-corrected chi connectivity index (χ0v) is 20.7. The van der Waals surface area contributed by atoms with Gasteiger partial charge in [-0.3, -0.25) is 9.69 Å². The SMILES string of the molecule is CCC(=O)c1sc(C#CC(C)(C)C)cc1C1=C(C2CCC(C)CC2)CN(CC)CC1. The molecule has 0 atom stereocenters. The second kappa shape index (κ2) is 9.84. The first-order valence-corrected chi connectivity index (χ1v) is 12.7. The van der Waals surface area contributed by atoms with Crippen molar-refractivity contribution in [3.63, 3.8) is 0 Å². The fraction of sp³-hybridized carbons (Fsp3) is 0.667. The number of likely N-dealkylation sites (N-methyl/N-ethyl adjacent to an activating group) is 1. The van der Waals surface area contributed by atoms with Crippen LogP contribution in [0.1, 0.15) is 100 Å². The van der Waals surface area contributed by atoms with E-state index in [0.29, 0.717) is 12.3 Å². The van der Waals surface area contributed by atoms with Crippen LogP contribution in [0.25, 0.3) is 5.57 Å². The largest absolute Gasteiger partial charge is 0.299 e. The summed E-state index contributed by atoms with van der Waals surface area (Å²) in [7, 11) is 0. The molecular weight excluding hydrogens is 386 g/mol. The Hall–Kier alpha value is -1.37. The summed E-state index contributed by atoms with van der Waals surface area (Å²) >= 11 is 1.61. The molecule has 2 nitrogen and oxygen atoms in total. The van der Waals surface area contributed by atoms with Crippen LogP contribution in [0.3, 0.4) is 0 Å². The smallest absolute Gasteiger partial charge is 0.173 e. The molecule has 0 unspecified atom stereocenters. The minimum absolute atomic E-state index is 0.0330. The van der Waals surface area contributed by atoms with Crippen molar-refractivity contribution < 1.29 is 4.79 Å². The Morgan fingerprint density at radius 2 is 1.90 bits per heavy atom. The highest BCUT2D eigenvalue weighted by Crippen LogP contribution is 2.42. The van der Waals surface area contributed by atoms with Crippen molar-refractivity contribution in [1.82, 2.24) is 4.90 Å². The van der Waals surface area contributed by atoms with Gasteiger partial charge >= 0.3 is 0 Å². The van der Waals surface area contributed by atoms with Gasteiger partial charge in [0, 0.05) is 30.5 Å². The molecule has 1 saturated carbocycles. The second-order valence-corrected chi connectivity index (χ2v) is 11.3. The summed E-state index contributed by atoms with van der Waals surface area (Å²) in [5.74, 6) is 8.53. The van der Waals surface area contributed by atoms with E-state index >= 15 is 0 Å². The van der Waals surface area contributed by atoms with Crippen molar-refractivity contribution in [2.45, 2.75) is 80.1 Å². The summed E-state index contributed by atoms with van der Waals surface area (Å²) in [5.41, 5.74) is 4.26. The van der Waals surface area contributed by atoms with Gasteiger partial charge in [0.05, 0.1) is 9.75 Å². The van der Waals surface area contributed by atoms with Gasteiger partial charge in [0.15, 0.2) is 5.78 Å². The van der Waals surface area contributed by atoms with Crippen molar-refractivity contribution in [1.29, 1.82) is 0 Å². The van der Waals surface area contributed by atoms with E-state index in [1.165, 1.54) is 36.8 Å². The number of carbonyl (C=O) groups excluding carboxylic acids is 1. The fourth-order valence-electron chi connectivity index (χ4n) is 4.70. The van der Waals surface area contributed by atoms with Crippen molar-refractivity contribution in [3.8, 4) is 11.8 Å². The third-order valence-corrected chi connectivity index (χ3v) is 7.70. The number of hydrogen-bond donors (Lipinski definition) is 0. The summed E-state index contributed by atoms with van der Waals surface area (Å²) in [4.78, 5) is 17.4. The second-order valence-electron chi connectivity index (χ2n) is 10.2. The maximum Gasteiger partial charge on any atom is 0.173 e. The first kappa shape index (κ1) is 23.3. The van der Waals surface area contributed by atoms with Gasteiger partial charge in [-0.15, -0.1) is 11.3 Å². The molecule has 3 heteroatoms. The van der Waals surface area contributed by atoms with E-state index in [2.05, 4.69) is 57.4 Å². The minimum Gasteiger partial charge on any atom is -0.299 e. The van der Waals surface area contributed by atoms with Crippen LogP contribution >= 0.6 is 11.3 Å². The molecule has 0 bridgehead atoms. The van der Waals surface area contributed by atoms with Crippen LogP contribution in [-0.2, 0) is 0 Å². The highest BCUT2D eigenvalue weighted by atomic mass is 32.1. The summed E-state index contributed by atoms with van der Waals surface area (Å²) < 4.78 is 0. The Balaban J connectivity index is 2.07. The molecule has 0 spiro atoms. The molecule has 1 aliphatic heterocycles. The summed E-state index contributed by atoms with van der Waals surface area (Å²) in [6.45, 7) is 16.3. The molecule has 30 heavy (non-hydrogen) atoms. The van der Waals surface area contributed by atoms with Gasteiger partial charge in [-0.2, -0.15) is 0 Å². The molecule has 1 aliphatic carbocycles. The summed E-state index contributed by atoms with van der Waals surface area (Å²) in [5, 5.41) is 0. The number of ketones is 1. The summed E-state index contributed by atoms with van der Waals surface area (Å²) in [6, 6.07) is 2.23. The Bertz CT molecular complexity index is 850. The number of nitrogens with zero attached hydrogens (tertiary/aromatic N) is 1. The normalized spacial score (nSPS) is 23.3. The van der Waals surface area contributed by atoms with Crippen LogP contribution in [0.2, 0.25) is 0 Å². The van der Waals surface area contributed by atoms with Crippen molar-refractivity contribution in [2.75, 3.05) is 19.6 Å². The maximum absolute atomic E-state index is 12.9. The van der Waals surface area contributed by atoms with Gasteiger partial charge in [-0.1, -0.05) is 45.5 Å². The molecule has 0 radical (unpaired) electrons. The lowest BCUT2D eigenvalue weighted by atomic mass is 9.75. The van der Waals surface area contributed by atoms with Gasteiger partial charge in [-0.25, -0.2) is 0 Å². The van der Waals surface area contributed by atoms with E-state index < -0.39 is 0 Å². The van der Waals surface area contributed by atoms with Crippen molar-refractivity contribution >= 4 is 22.7 Å². The van der Waals surface area contributed by atoms with E-state index in [1.807, 2.05) is 6.92 Å². The zero-order chi connectivity index (χ0) is 21.9.